The monoisotopic (exact) mass is 431 g/mol. The van der Waals surface area contributed by atoms with Crippen LogP contribution in [0.15, 0.2) is 58.7 Å². The topological polar surface area (TPSA) is 96.7 Å². The molecule has 1 aliphatic rings. The summed E-state index contributed by atoms with van der Waals surface area (Å²) in [6, 6.07) is 12.1. The maximum atomic E-state index is 12.7. The van der Waals surface area contributed by atoms with Gasteiger partial charge in [0, 0.05) is 37.1 Å². The molecular weight excluding hydrogens is 410 g/mol. The molecule has 0 saturated carbocycles. The fourth-order valence-corrected chi connectivity index (χ4v) is 5.61. The van der Waals surface area contributed by atoms with Crippen LogP contribution in [0, 0.1) is 0 Å². The van der Waals surface area contributed by atoms with Crippen LogP contribution in [0.2, 0.25) is 0 Å². The van der Waals surface area contributed by atoms with Gasteiger partial charge in [-0.25, -0.2) is 8.42 Å². The Morgan fingerprint density at radius 1 is 1.10 bits per heavy atom. The Balaban J connectivity index is 1.35. The number of hydrogen-bond donors (Lipinski definition) is 1. The van der Waals surface area contributed by atoms with Crippen LogP contribution in [0.1, 0.15) is 19.3 Å². The van der Waals surface area contributed by atoms with Crippen molar-refractivity contribution in [3.63, 3.8) is 0 Å². The second-order valence-corrected chi connectivity index (χ2v) is 9.70. The van der Waals surface area contributed by atoms with Gasteiger partial charge in [-0.05, 0) is 43.2 Å². The van der Waals surface area contributed by atoms with Gasteiger partial charge in [-0.3, -0.25) is 9.20 Å². The van der Waals surface area contributed by atoms with Crippen molar-refractivity contribution < 1.29 is 13.2 Å². The third kappa shape index (κ3) is 4.44. The number of aromatic nitrogens is 3. The van der Waals surface area contributed by atoms with Gasteiger partial charge in [0.2, 0.25) is 15.9 Å². The molecule has 8 nitrogen and oxygen atoms in total. The zero-order valence-corrected chi connectivity index (χ0v) is 17.3. The van der Waals surface area contributed by atoms with Crippen LogP contribution in [-0.4, -0.2) is 52.1 Å². The van der Waals surface area contributed by atoms with E-state index in [2.05, 4.69) is 15.5 Å². The number of benzene rings is 1. The number of fused-ring (bicyclic) bond motifs is 1. The molecule has 3 heterocycles. The van der Waals surface area contributed by atoms with E-state index in [0.717, 1.165) is 23.6 Å². The van der Waals surface area contributed by atoms with Gasteiger partial charge in [0.15, 0.2) is 10.8 Å². The summed E-state index contributed by atoms with van der Waals surface area (Å²) in [4.78, 5) is 12.5. The SMILES string of the molecule is O=C(CCSc1nnc2ccccn12)Nc1cccc(S(=O)(=O)N2CCCC2)c1. The second kappa shape index (κ2) is 8.52. The maximum Gasteiger partial charge on any atom is 0.243 e. The summed E-state index contributed by atoms with van der Waals surface area (Å²) >= 11 is 1.45. The predicted octanol–water partition coefficient (Wildman–Crippen LogP) is 2.63. The molecule has 4 rings (SSSR count). The second-order valence-electron chi connectivity index (χ2n) is 6.70. The normalized spacial score (nSPS) is 15.0. The number of pyridine rings is 1. The van der Waals surface area contributed by atoms with Gasteiger partial charge in [-0.15, -0.1) is 10.2 Å². The molecule has 0 aliphatic carbocycles. The summed E-state index contributed by atoms with van der Waals surface area (Å²) in [6.45, 7) is 1.10. The summed E-state index contributed by atoms with van der Waals surface area (Å²) in [5.74, 6) is 0.356. The van der Waals surface area contributed by atoms with Crippen LogP contribution >= 0.6 is 11.8 Å². The summed E-state index contributed by atoms with van der Waals surface area (Å²) in [6.07, 6.45) is 3.92. The van der Waals surface area contributed by atoms with Gasteiger partial charge in [-0.1, -0.05) is 23.9 Å². The maximum absolute atomic E-state index is 12.7. The Morgan fingerprint density at radius 2 is 1.93 bits per heavy atom. The molecule has 1 aromatic carbocycles. The predicted molar refractivity (Wildman–Crippen MR) is 111 cm³/mol. The molecule has 152 valence electrons. The average Bonchev–Trinajstić information content (AvgIpc) is 3.39. The number of rotatable bonds is 7. The number of thioether (sulfide) groups is 1. The fraction of sp³-hybridized carbons (Fsp3) is 0.316. The van der Waals surface area contributed by atoms with Crippen LogP contribution in [0.25, 0.3) is 5.65 Å². The van der Waals surface area contributed by atoms with E-state index in [1.54, 1.807) is 18.2 Å². The lowest BCUT2D eigenvalue weighted by molar-refractivity contribution is -0.115. The molecule has 1 saturated heterocycles. The number of hydrogen-bond acceptors (Lipinski definition) is 6. The fourth-order valence-electron chi connectivity index (χ4n) is 3.19. The largest absolute Gasteiger partial charge is 0.326 e. The van der Waals surface area contributed by atoms with Crippen LogP contribution in [-0.2, 0) is 14.8 Å². The molecule has 0 spiro atoms. The third-order valence-corrected chi connectivity index (χ3v) is 7.50. The van der Waals surface area contributed by atoms with Crippen molar-refractivity contribution in [1.82, 2.24) is 18.9 Å². The molecule has 2 aromatic heterocycles. The van der Waals surface area contributed by atoms with Crippen LogP contribution in [0.4, 0.5) is 5.69 Å². The molecule has 1 fully saturated rings. The van der Waals surface area contributed by atoms with E-state index in [0.29, 0.717) is 24.5 Å². The molecule has 1 amide bonds. The van der Waals surface area contributed by atoms with Gasteiger partial charge in [0.05, 0.1) is 4.90 Å². The summed E-state index contributed by atoms with van der Waals surface area (Å²) in [5, 5.41) is 11.7. The van der Waals surface area contributed by atoms with Crippen molar-refractivity contribution in [3.8, 4) is 0 Å². The zero-order chi connectivity index (χ0) is 20.3. The Kier molecular flexibility index (Phi) is 5.84. The molecule has 10 heteroatoms. The molecule has 1 aliphatic heterocycles. The molecule has 1 N–H and O–H groups in total. The van der Waals surface area contributed by atoms with Crippen molar-refractivity contribution in [3.05, 3.63) is 48.7 Å². The lowest BCUT2D eigenvalue weighted by Crippen LogP contribution is -2.27. The number of sulfonamides is 1. The van der Waals surface area contributed by atoms with Gasteiger partial charge in [0.25, 0.3) is 0 Å². The zero-order valence-electron chi connectivity index (χ0n) is 15.7. The van der Waals surface area contributed by atoms with Crippen molar-refractivity contribution in [1.29, 1.82) is 0 Å². The van der Waals surface area contributed by atoms with Crippen molar-refractivity contribution >= 4 is 39.0 Å². The Morgan fingerprint density at radius 3 is 2.76 bits per heavy atom. The summed E-state index contributed by atoms with van der Waals surface area (Å²) < 4.78 is 28.7. The first-order chi connectivity index (χ1) is 14.0. The van der Waals surface area contributed by atoms with Crippen LogP contribution in [0.5, 0.6) is 0 Å². The van der Waals surface area contributed by atoms with Gasteiger partial charge in [0.1, 0.15) is 0 Å². The Bertz CT molecular complexity index is 1120. The minimum Gasteiger partial charge on any atom is -0.326 e. The van der Waals surface area contributed by atoms with E-state index in [1.165, 1.54) is 22.1 Å². The highest BCUT2D eigenvalue weighted by Crippen LogP contribution is 2.23. The summed E-state index contributed by atoms with van der Waals surface area (Å²) in [5.41, 5.74) is 1.24. The van der Waals surface area contributed by atoms with E-state index in [9.17, 15) is 13.2 Å². The first kappa shape index (κ1) is 19.9. The smallest absolute Gasteiger partial charge is 0.243 e. The third-order valence-electron chi connectivity index (χ3n) is 4.66. The first-order valence-electron chi connectivity index (χ1n) is 9.37. The van der Waals surface area contributed by atoms with E-state index < -0.39 is 10.0 Å². The molecule has 29 heavy (non-hydrogen) atoms. The van der Waals surface area contributed by atoms with Crippen LogP contribution < -0.4 is 5.32 Å². The van der Waals surface area contributed by atoms with Crippen molar-refractivity contribution in [2.75, 3.05) is 24.2 Å². The Labute approximate surface area is 173 Å². The molecule has 0 unspecified atom stereocenters. The highest BCUT2D eigenvalue weighted by atomic mass is 32.2. The number of amides is 1. The number of nitrogens with one attached hydrogen (secondary N) is 1. The number of anilines is 1. The van der Waals surface area contributed by atoms with Gasteiger partial charge in [-0.2, -0.15) is 4.31 Å². The van der Waals surface area contributed by atoms with E-state index in [4.69, 9.17) is 0 Å². The van der Waals surface area contributed by atoms with Crippen molar-refractivity contribution in [2.24, 2.45) is 0 Å². The number of carbonyl (C=O) groups is 1. The number of nitrogens with zero attached hydrogens (tertiary/aromatic N) is 4. The first-order valence-corrected chi connectivity index (χ1v) is 11.8. The minimum atomic E-state index is -3.50. The summed E-state index contributed by atoms with van der Waals surface area (Å²) in [7, 11) is -3.50. The van der Waals surface area contributed by atoms with E-state index in [-0.39, 0.29) is 17.2 Å². The minimum absolute atomic E-state index is 0.179. The Hall–Kier alpha value is -2.43. The quantitative estimate of drug-likeness (QED) is 0.578. The molecule has 0 atom stereocenters. The van der Waals surface area contributed by atoms with Crippen LogP contribution in [0.3, 0.4) is 0 Å². The molecule has 0 radical (unpaired) electrons. The van der Waals surface area contributed by atoms with Gasteiger partial charge >= 0.3 is 0 Å². The lowest BCUT2D eigenvalue weighted by atomic mass is 10.3. The van der Waals surface area contributed by atoms with Gasteiger partial charge < -0.3 is 5.32 Å². The highest BCUT2D eigenvalue weighted by Gasteiger charge is 2.27. The number of carbonyl (C=O) groups excluding carboxylic acids is 1. The molecule has 3 aromatic rings. The average molecular weight is 432 g/mol. The van der Waals surface area contributed by atoms with E-state index >= 15 is 0 Å². The highest BCUT2D eigenvalue weighted by molar-refractivity contribution is 7.99. The lowest BCUT2D eigenvalue weighted by Gasteiger charge is -2.16. The molecule has 0 bridgehead atoms. The van der Waals surface area contributed by atoms with Crippen molar-refractivity contribution in [2.45, 2.75) is 29.3 Å². The standard InChI is InChI=1S/C19H21N5O3S2/c25-18(9-13-28-19-22-21-17-8-1-2-12-24(17)19)20-15-6-5-7-16(14-15)29(26,27)23-10-3-4-11-23/h1-2,5-8,12,14H,3-4,9-11,13H2,(H,20,25). The van der Waals surface area contributed by atoms with E-state index in [1.807, 2.05) is 28.8 Å². The molecular formula is C19H21N5O3S2.